The number of hydrogen-bond acceptors (Lipinski definition) is 3. The number of thiophene rings is 1. The Balaban J connectivity index is 2.18. The summed E-state index contributed by atoms with van der Waals surface area (Å²) < 4.78 is 0. The van der Waals surface area contributed by atoms with Gasteiger partial charge in [0.25, 0.3) is 5.91 Å². The fraction of sp³-hybridized carbons (Fsp3) is 0.688. The Morgan fingerprint density at radius 2 is 2.25 bits per heavy atom. The molecule has 0 saturated heterocycles. The molecule has 0 spiro atoms. The number of anilines is 1. The number of rotatable bonds is 5. The third kappa shape index (κ3) is 3.54. The van der Waals surface area contributed by atoms with E-state index < -0.39 is 0 Å². The number of hydrogen-bond donors (Lipinski definition) is 1. The molecule has 1 amide bonds. The average Bonchev–Trinajstić information content (AvgIpc) is 2.78. The fourth-order valence-corrected chi connectivity index (χ4v) is 3.74. The Hall–Kier alpha value is -1.03. The smallest absolute Gasteiger partial charge is 0.261 e. The monoisotopic (exact) mass is 294 g/mol. The van der Waals surface area contributed by atoms with Gasteiger partial charge in [-0.05, 0) is 50.7 Å². The molecule has 1 atom stereocenters. The van der Waals surface area contributed by atoms with Crippen LogP contribution < -0.4 is 10.2 Å². The van der Waals surface area contributed by atoms with E-state index in [1.165, 1.54) is 23.4 Å². The lowest BCUT2D eigenvalue weighted by atomic mass is 10.1. The van der Waals surface area contributed by atoms with Crippen molar-refractivity contribution in [2.45, 2.75) is 58.9 Å². The number of carbonyl (C=O) groups is 1. The van der Waals surface area contributed by atoms with Crippen LogP contribution in [0, 0.1) is 0 Å². The summed E-state index contributed by atoms with van der Waals surface area (Å²) in [7, 11) is 0. The van der Waals surface area contributed by atoms with E-state index in [2.05, 4.69) is 37.1 Å². The average molecular weight is 294 g/mol. The lowest BCUT2D eigenvalue weighted by molar-refractivity contribution is 0.0943. The molecule has 112 valence electrons. The van der Waals surface area contributed by atoms with Crippen molar-refractivity contribution in [3.8, 4) is 0 Å². The normalized spacial score (nSPS) is 16.4. The van der Waals surface area contributed by atoms with E-state index >= 15 is 0 Å². The summed E-state index contributed by atoms with van der Waals surface area (Å²) in [6.45, 7) is 8.60. The lowest BCUT2D eigenvalue weighted by Gasteiger charge is -2.21. The van der Waals surface area contributed by atoms with Crippen LogP contribution in [0.4, 0.5) is 5.00 Å². The highest BCUT2D eigenvalue weighted by Gasteiger charge is 2.21. The number of amides is 1. The summed E-state index contributed by atoms with van der Waals surface area (Å²) in [5.74, 6) is 0.0915. The van der Waals surface area contributed by atoms with Gasteiger partial charge in [0.1, 0.15) is 0 Å². The van der Waals surface area contributed by atoms with Crippen molar-refractivity contribution in [3.05, 3.63) is 16.5 Å². The molecule has 1 N–H and O–H groups in total. The number of fused-ring (bicyclic) bond motifs is 1. The molecule has 20 heavy (non-hydrogen) atoms. The van der Waals surface area contributed by atoms with E-state index in [-0.39, 0.29) is 11.9 Å². The summed E-state index contributed by atoms with van der Waals surface area (Å²) in [5.41, 5.74) is 1.37. The molecule has 2 rings (SSSR count). The van der Waals surface area contributed by atoms with E-state index in [1.807, 2.05) is 0 Å². The molecule has 4 heteroatoms. The van der Waals surface area contributed by atoms with Crippen molar-refractivity contribution in [1.82, 2.24) is 5.32 Å². The molecule has 1 aliphatic heterocycles. The molecule has 0 aromatic carbocycles. The van der Waals surface area contributed by atoms with Gasteiger partial charge in [0, 0.05) is 19.1 Å². The Morgan fingerprint density at radius 1 is 1.45 bits per heavy atom. The molecular formula is C16H26N2OS. The number of carbonyl (C=O) groups excluding carboxylic acids is 1. The van der Waals surface area contributed by atoms with Crippen LogP contribution in [0.25, 0.3) is 0 Å². The van der Waals surface area contributed by atoms with Gasteiger partial charge >= 0.3 is 0 Å². The molecule has 1 aromatic rings. The van der Waals surface area contributed by atoms with Crippen LogP contribution in [0.5, 0.6) is 0 Å². The predicted molar refractivity (Wildman–Crippen MR) is 87.0 cm³/mol. The highest BCUT2D eigenvalue weighted by Crippen LogP contribution is 2.35. The summed E-state index contributed by atoms with van der Waals surface area (Å²) >= 11 is 1.67. The molecule has 1 aromatic heterocycles. The maximum absolute atomic E-state index is 12.3. The van der Waals surface area contributed by atoms with Gasteiger partial charge < -0.3 is 10.2 Å². The molecule has 2 heterocycles. The van der Waals surface area contributed by atoms with Gasteiger partial charge in [0.05, 0.1) is 9.88 Å². The van der Waals surface area contributed by atoms with E-state index in [0.717, 1.165) is 37.2 Å². The van der Waals surface area contributed by atoms with Crippen molar-refractivity contribution in [2.75, 3.05) is 18.0 Å². The standard InChI is InChI=1S/C16H26N2OS/c1-4-9-18-10-7-6-8-13-11-14(20-16(13)18)15(19)17-12(3)5-2/h11-12H,4-10H2,1-3H3,(H,17,19). The van der Waals surface area contributed by atoms with Crippen molar-refractivity contribution in [1.29, 1.82) is 0 Å². The quantitative estimate of drug-likeness (QED) is 0.895. The molecule has 0 bridgehead atoms. The first-order valence-corrected chi connectivity index (χ1v) is 8.65. The first-order valence-electron chi connectivity index (χ1n) is 7.84. The molecule has 0 saturated carbocycles. The predicted octanol–water partition coefficient (Wildman–Crippen LogP) is 3.83. The van der Waals surface area contributed by atoms with Gasteiger partial charge in [-0.3, -0.25) is 4.79 Å². The third-order valence-electron chi connectivity index (χ3n) is 3.91. The molecule has 0 aliphatic carbocycles. The van der Waals surface area contributed by atoms with Gasteiger partial charge in [0.2, 0.25) is 0 Å². The van der Waals surface area contributed by atoms with Crippen molar-refractivity contribution in [3.63, 3.8) is 0 Å². The van der Waals surface area contributed by atoms with Crippen LogP contribution in [0.15, 0.2) is 6.07 Å². The topological polar surface area (TPSA) is 32.3 Å². The zero-order valence-corrected chi connectivity index (χ0v) is 13.7. The SMILES string of the molecule is CCCN1CCCCc2cc(C(=O)NC(C)CC)sc21. The summed E-state index contributed by atoms with van der Waals surface area (Å²) in [6, 6.07) is 2.36. The highest BCUT2D eigenvalue weighted by molar-refractivity contribution is 7.18. The third-order valence-corrected chi connectivity index (χ3v) is 5.14. The molecule has 3 nitrogen and oxygen atoms in total. The van der Waals surface area contributed by atoms with Gasteiger partial charge in [0.15, 0.2) is 0 Å². The van der Waals surface area contributed by atoms with Crippen molar-refractivity contribution < 1.29 is 4.79 Å². The van der Waals surface area contributed by atoms with Crippen LogP contribution in [0.1, 0.15) is 61.7 Å². The van der Waals surface area contributed by atoms with E-state index in [0.29, 0.717) is 0 Å². The molecule has 1 aliphatic rings. The van der Waals surface area contributed by atoms with Crippen LogP contribution in [-0.2, 0) is 6.42 Å². The largest absolute Gasteiger partial charge is 0.363 e. The second-order valence-electron chi connectivity index (χ2n) is 5.67. The highest BCUT2D eigenvalue weighted by atomic mass is 32.1. The minimum atomic E-state index is 0.0915. The molecule has 1 unspecified atom stereocenters. The number of nitrogens with zero attached hydrogens (tertiary/aromatic N) is 1. The second-order valence-corrected chi connectivity index (χ2v) is 6.70. The second kappa shape index (κ2) is 7.11. The van der Waals surface area contributed by atoms with Crippen LogP contribution in [0.3, 0.4) is 0 Å². The first kappa shape index (κ1) is 15.4. The number of aryl methyl sites for hydroxylation is 1. The van der Waals surface area contributed by atoms with E-state index in [9.17, 15) is 4.79 Å². The van der Waals surface area contributed by atoms with Crippen molar-refractivity contribution >= 4 is 22.2 Å². The maximum Gasteiger partial charge on any atom is 0.261 e. The van der Waals surface area contributed by atoms with Gasteiger partial charge in [-0.2, -0.15) is 0 Å². The minimum Gasteiger partial charge on any atom is -0.363 e. The lowest BCUT2D eigenvalue weighted by Crippen LogP contribution is -2.31. The maximum atomic E-state index is 12.3. The minimum absolute atomic E-state index is 0.0915. The van der Waals surface area contributed by atoms with Gasteiger partial charge in [-0.15, -0.1) is 11.3 Å². The van der Waals surface area contributed by atoms with E-state index in [1.54, 1.807) is 11.3 Å². The van der Waals surface area contributed by atoms with Crippen LogP contribution >= 0.6 is 11.3 Å². The molecule has 0 radical (unpaired) electrons. The fourth-order valence-electron chi connectivity index (χ4n) is 2.58. The zero-order valence-electron chi connectivity index (χ0n) is 12.9. The molecule has 0 fully saturated rings. The zero-order chi connectivity index (χ0) is 14.5. The summed E-state index contributed by atoms with van der Waals surface area (Å²) in [4.78, 5) is 15.6. The van der Waals surface area contributed by atoms with Gasteiger partial charge in [-0.1, -0.05) is 13.8 Å². The Labute approximate surface area is 126 Å². The number of nitrogens with one attached hydrogen (secondary N) is 1. The first-order chi connectivity index (χ1) is 9.65. The van der Waals surface area contributed by atoms with Crippen LogP contribution in [-0.4, -0.2) is 25.0 Å². The Bertz CT molecular complexity index is 455. The summed E-state index contributed by atoms with van der Waals surface area (Å²) in [5, 5.41) is 4.40. The summed E-state index contributed by atoms with van der Waals surface area (Å²) in [6.07, 6.45) is 5.74. The van der Waals surface area contributed by atoms with Gasteiger partial charge in [-0.25, -0.2) is 0 Å². The van der Waals surface area contributed by atoms with Crippen molar-refractivity contribution in [2.24, 2.45) is 0 Å². The molecular weight excluding hydrogens is 268 g/mol. The Kier molecular flexibility index (Phi) is 5.46. The van der Waals surface area contributed by atoms with Crippen LogP contribution in [0.2, 0.25) is 0 Å². The van der Waals surface area contributed by atoms with E-state index in [4.69, 9.17) is 0 Å². The Morgan fingerprint density at radius 3 is 2.95 bits per heavy atom.